The van der Waals surface area contributed by atoms with Gasteiger partial charge in [-0.25, -0.2) is 0 Å². The summed E-state index contributed by atoms with van der Waals surface area (Å²) in [6, 6.07) is 7.01. The predicted molar refractivity (Wildman–Crippen MR) is 71.3 cm³/mol. The molecule has 0 aromatic heterocycles. The normalized spacial score (nSPS) is 9.53. The molecule has 1 aromatic carbocycles. The molecule has 1 aromatic rings. The molecule has 0 saturated carbocycles. The van der Waals surface area contributed by atoms with Crippen LogP contribution in [0.15, 0.2) is 18.2 Å². The number of ether oxygens (including phenoxy) is 2. The van der Waals surface area contributed by atoms with Crippen LogP contribution in [0.1, 0.15) is 30.6 Å². The van der Waals surface area contributed by atoms with Gasteiger partial charge >= 0.3 is 0 Å². The van der Waals surface area contributed by atoms with Crippen LogP contribution in [0.5, 0.6) is 11.5 Å². The molecule has 1 amide bonds. The van der Waals surface area contributed by atoms with Gasteiger partial charge in [-0.1, -0.05) is 0 Å². The molecule has 0 heterocycles. The first-order valence-corrected chi connectivity index (χ1v) is 6.27. The summed E-state index contributed by atoms with van der Waals surface area (Å²) in [6.45, 7) is 5.13. The highest BCUT2D eigenvalue weighted by molar-refractivity contribution is 5.94. The van der Waals surface area contributed by atoms with Crippen molar-refractivity contribution < 1.29 is 14.3 Å². The number of amides is 1. The third-order valence-corrected chi connectivity index (χ3v) is 2.33. The number of nitrogens with zero attached hydrogens (tertiary/aromatic N) is 1. The van der Waals surface area contributed by atoms with Gasteiger partial charge in [0.2, 0.25) is 0 Å². The van der Waals surface area contributed by atoms with E-state index in [9.17, 15) is 4.79 Å². The van der Waals surface area contributed by atoms with Gasteiger partial charge in [0.05, 0.1) is 25.7 Å². The molecule has 0 radical (unpaired) electrons. The Kier molecular flexibility index (Phi) is 6.23. The Morgan fingerprint density at radius 1 is 1.26 bits per heavy atom. The molecule has 0 aliphatic heterocycles. The monoisotopic (exact) mass is 262 g/mol. The molecular weight excluding hydrogens is 244 g/mol. The fraction of sp³-hybridized carbons (Fsp3) is 0.429. The summed E-state index contributed by atoms with van der Waals surface area (Å²) in [4.78, 5) is 11.8. The Hall–Kier alpha value is -2.22. The highest BCUT2D eigenvalue weighted by Crippen LogP contribution is 2.28. The fourth-order valence-electron chi connectivity index (χ4n) is 1.53. The molecule has 0 aliphatic rings. The summed E-state index contributed by atoms with van der Waals surface area (Å²) >= 11 is 0. The lowest BCUT2D eigenvalue weighted by atomic mass is 10.2. The summed E-state index contributed by atoms with van der Waals surface area (Å²) in [5.41, 5.74) is 0.491. The molecule has 0 aliphatic carbocycles. The molecule has 1 N–H and O–H groups in total. The first kappa shape index (κ1) is 14.8. The highest BCUT2D eigenvalue weighted by atomic mass is 16.5. The number of carbonyl (C=O) groups is 1. The largest absolute Gasteiger partial charge is 0.490 e. The van der Waals surface area contributed by atoms with Crippen molar-refractivity contribution in [1.29, 1.82) is 5.26 Å². The van der Waals surface area contributed by atoms with E-state index >= 15 is 0 Å². The van der Waals surface area contributed by atoms with Crippen LogP contribution in [0, 0.1) is 11.3 Å². The minimum Gasteiger partial charge on any atom is -0.490 e. The zero-order chi connectivity index (χ0) is 14.1. The van der Waals surface area contributed by atoms with Crippen molar-refractivity contribution in [1.82, 2.24) is 5.32 Å². The van der Waals surface area contributed by atoms with Crippen molar-refractivity contribution >= 4 is 5.91 Å². The maximum absolute atomic E-state index is 11.8. The first-order chi connectivity index (χ1) is 9.22. The second-order valence-corrected chi connectivity index (χ2v) is 3.69. The van der Waals surface area contributed by atoms with Crippen LogP contribution in [0.3, 0.4) is 0 Å². The molecule has 5 heteroatoms. The lowest BCUT2D eigenvalue weighted by Crippen LogP contribution is -2.24. The van der Waals surface area contributed by atoms with Crippen molar-refractivity contribution in [2.24, 2.45) is 0 Å². The van der Waals surface area contributed by atoms with Crippen LogP contribution < -0.4 is 14.8 Å². The number of nitrogens with one attached hydrogen (secondary N) is 1. The summed E-state index contributed by atoms with van der Waals surface area (Å²) in [7, 11) is 0. The molecule has 0 spiro atoms. The average Bonchev–Trinajstić information content (AvgIpc) is 2.41. The standard InChI is InChI=1S/C14H18N2O3/c1-3-18-12-7-6-11(10-13(12)19-4-2)14(17)16-9-5-8-15/h6-7,10H,3-5,9H2,1-2H3,(H,16,17). The number of rotatable bonds is 7. The molecule has 5 nitrogen and oxygen atoms in total. The van der Waals surface area contributed by atoms with Crippen LogP contribution in [-0.2, 0) is 0 Å². The van der Waals surface area contributed by atoms with Crippen LogP contribution in [0.2, 0.25) is 0 Å². The Morgan fingerprint density at radius 2 is 1.95 bits per heavy atom. The van der Waals surface area contributed by atoms with Gasteiger partial charge in [0.25, 0.3) is 5.91 Å². The van der Waals surface area contributed by atoms with Crippen molar-refractivity contribution in [2.45, 2.75) is 20.3 Å². The van der Waals surface area contributed by atoms with Gasteiger partial charge in [-0.3, -0.25) is 4.79 Å². The maximum atomic E-state index is 11.8. The van der Waals surface area contributed by atoms with Crippen molar-refractivity contribution in [2.75, 3.05) is 19.8 Å². The minimum atomic E-state index is -0.223. The van der Waals surface area contributed by atoms with E-state index in [0.717, 1.165) is 0 Å². The van der Waals surface area contributed by atoms with Crippen LogP contribution in [0.4, 0.5) is 0 Å². The van der Waals surface area contributed by atoms with Crippen molar-refractivity contribution in [3.05, 3.63) is 23.8 Å². The smallest absolute Gasteiger partial charge is 0.251 e. The van der Waals surface area contributed by atoms with E-state index in [1.165, 1.54) is 0 Å². The van der Waals surface area contributed by atoms with Crippen LogP contribution in [0.25, 0.3) is 0 Å². The van der Waals surface area contributed by atoms with Gasteiger partial charge in [0, 0.05) is 12.1 Å². The molecule has 0 atom stereocenters. The van der Waals surface area contributed by atoms with Crippen molar-refractivity contribution in [3.8, 4) is 17.6 Å². The van der Waals surface area contributed by atoms with Crippen molar-refractivity contribution in [3.63, 3.8) is 0 Å². The van der Waals surface area contributed by atoms with E-state index in [4.69, 9.17) is 14.7 Å². The quantitative estimate of drug-likeness (QED) is 0.764. The Balaban J connectivity index is 2.82. The molecule has 19 heavy (non-hydrogen) atoms. The molecule has 102 valence electrons. The summed E-state index contributed by atoms with van der Waals surface area (Å²) in [5, 5.41) is 11.1. The Bertz CT molecular complexity index is 466. The lowest BCUT2D eigenvalue weighted by molar-refractivity contribution is 0.0954. The highest BCUT2D eigenvalue weighted by Gasteiger charge is 2.10. The zero-order valence-electron chi connectivity index (χ0n) is 11.2. The van der Waals surface area contributed by atoms with E-state index in [1.54, 1.807) is 18.2 Å². The fourth-order valence-corrected chi connectivity index (χ4v) is 1.53. The van der Waals surface area contributed by atoms with E-state index in [2.05, 4.69) is 5.32 Å². The Labute approximate surface area is 113 Å². The number of benzene rings is 1. The van der Waals surface area contributed by atoms with E-state index in [1.807, 2.05) is 19.9 Å². The van der Waals surface area contributed by atoms with Crippen LogP contribution in [-0.4, -0.2) is 25.7 Å². The van der Waals surface area contributed by atoms with Gasteiger partial charge in [0.15, 0.2) is 11.5 Å². The Morgan fingerprint density at radius 3 is 2.58 bits per heavy atom. The third-order valence-electron chi connectivity index (χ3n) is 2.33. The number of hydrogen-bond acceptors (Lipinski definition) is 4. The van der Waals surface area contributed by atoms with Gasteiger partial charge in [-0.15, -0.1) is 0 Å². The van der Waals surface area contributed by atoms with Gasteiger partial charge in [0.1, 0.15) is 0 Å². The summed E-state index contributed by atoms with van der Waals surface area (Å²) in [6.07, 6.45) is 0.293. The topological polar surface area (TPSA) is 71.3 Å². The molecule has 0 fully saturated rings. The predicted octanol–water partition coefficient (Wildman–Crippen LogP) is 2.13. The molecular formula is C14H18N2O3. The first-order valence-electron chi connectivity index (χ1n) is 6.27. The van der Waals surface area contributed by atoms with Gasteiger partial charge in [-0.05, 0) is 32.0 Å². The third kappa shape index (κ3) is 4.51. The maximum Gasteiger partial charge on any atom is 0.251 e. The molecule has 0 bridgehead atoms. The van der Waals surface area contributed by atoms with Gasteiger partial charge in [-0.2, -0.15) is 5.26 Å². The SMILES string of the molecule is CCOc1ccc(C(=O)NCCC#N)cc1OCC. The van der Waals surface area contributed by atoms with E-state index in [-0.39, 0.29) is 5.91 Å². The summed E-state index contributed by atoms with van der Waals surface area (Å²) < 4.78 is 10.9. The number of hydrogen-bond donors (Lipinski definition) is 1. The van der Waals surface area contributed by atoms with E-state index < -0.39 is 0 Å². The molecule has 0 unspecified atom stereocenters. The van der Waals surface area contributed by atoms with Crippen LogP contribution >= 0.6 is 0 Å². The number of nitriles is 1. The number of carbonyl (C=O) groups excluding carboxylic acids is 1. The zero-order valence-corrected chi connectivity index (χ0v) is 11.2. The molecule has 0 saturated heterocycles. The van der Waals surface area contributed by atoms with E-state index in [0.29, 0.717) is 43.2 Å². The minimum absolute atomic E-state index is 0.223. The summed E-state index contributed by atoms with van der Waals surface area (Å²) in [5.74, 6) is 0.953. The molecule has 1 rings (SSSR count). The second-order valence-electron chi connectivity index (χ2n) is 3.69. The lowest BCUT2D eigenvalue weighted by Gasteiger charge is -2.12. The average molecular weight is 262 g/mol. The van der Waals surface area contributed by atoms with Gasteiger partial charge < -0.3 is 14.8 Å². The second kappa shape index (κ2) is 7.98.